The zero-order chi connectivity index (χ0) is 15.0. The number of alkyl halides is 3. The van der Waals surface area contributed by atoms with Crippen molar-refractivity contribution in [3.63, 3.8) is 0 Å². The fourth-order valence-electron chi connectivity index (χ4n) is 1.89. The van der Waals surface area contributed by atoms with Crippen LogP contribution in [0.2, 0.25) is 0 Å². The summed E-state index contributed by atoms with van der Waals surface area (Å²) >= 11 is 0. The van der Waals surface area contributed by atoms with Gasteiger partial charge in [-0.2, -0.15) is 4.52 Å². The molecular weight excluding hydrogens is 289 g/mol. The number of aromatic hydroxyl groups is 1. The molecule has 3 aromatic rings. The van der Waals surface area contributed by atoms with E-state index >= 15 is 0 Å². The molecule has 2 aromatic heterocycles. The maximum absolute atomic E-state index is 12.3. The number of aromatic nitrogens is 4. The number of hydrogen-bond acceptors (Lipinski definition) is 5. The van der Waals surface area contributed by atoms with E-state index in [9.17, 15) is 18.3 Å². The normalized spacial score (nSPS) is 11.8. The molecule has 0 bridgehead atoms. The Morgan fingerprint density at radius 2 is 1.95 bits per heavy atom. The summed E-state index contributed by atoms with van der Waals surface area (Å²) in [6.07, 6.45) is -4.81. The summed E-state index contributed by atoms with van der Waals surface area (Å²) in [4.78, 5) is 0. The largest absolute Gasteiger partial charge is 0.573 e. The fraction of sp³-hybridized carbons (Fsp3) is 0.0833. The van der Waals surface area contributed by atoms with Crippen LogP contribution in [0.1, 0.15) is 0 Å². The molecule has 0 aliphatic rings. The van der Waals surface area contributed by atoms with E-state index in [2.05, 4.69) is 20.3 Å². The summed E-state index contributed by atoms with van der Waals surface area (Å²) in [5.74, 6) is -0.659. The lowest BCUT2D eigenvalue weighted by atomic mass is 10.1. The number of pyridine rings is 1. The minimum Gasteiger partial charge on any atom is -0.507 e. The average molecular weight is 296 g/mol. The Bertz CT molecular complexity index is 801. The SMILES string of the molecule is Oc1ccc(OC(F)(F)F)cc1-c1cccc2nnnn12. The lowest BCUT2D eigenvalue weighted by Crippen LogP contribution is -2.17. The molecule has 0 atom stereocenters. The van der Waals surface area contributed by atoms with Gasteiger partial charge >= 0.3 is 6.36 Å². The van der Waals surface area contributed by atoms with Crippen LogP contribution in [0.5, 0.6) is 11.5 Å². The van der Waals surface area contributed by atoms with Crippen molar-refractivity contribution in [3.05, 3.63) is 36.4 Å². The zero-order valence-electron chi connectivity index (χ0n) is 10.2. The molecule has 21 heavy (non-hydrogen) atoms. The van der Waals surface area contributed by atoms with E-state index in [4.69, 9.17) is 0 Å². The van der Waals surface area contributed by atoms with E-state index in [0.29, 0.717) is 11.3 Å². The second-order valence-corrected chi connectivity index (χ2v) is 4.09. The maximum atomic E-state index is 12.3. The van der Waals surface area contributed by atoms with Gasteiger partial charge in [0.05, 0.1) is 5.69 Å². The van der Waals surface area contributed by atoms with Crippen molar-refractivity contribution >= 4 is 5.65 Å². The first-order chi connectivity index (χ1) is 9.94. The van der Waals surface area contributed by atoms with Gasteiger partial charge in [-0.05, 0) is 40.8 Å². The van der Waals surface area contributed by atoms with E-state index in [-0.39, 0.29) is 11.3 Å². The Morgan fingerprint density at radius 3 is 2.71 bits per heavy atom. The van der Waals surface area contributed by atoms with Gasteiger partial charge in [-0.25, -0.2) is 0 Å². The summed E-state index contributed by atoms with van der Waals surface area (Å²) in [5.41, 5.74) is 0.853. The van der Waals surface area contributed by atoms with Crippen LogP contribution in [0.25, 0.3) is 16.9 Å². The Hall–Kier alpha value is -2.84. The van der Waals surface area contributed by atoms with Crippen molar-refractivity contribution in [2.45, 2.75) is 6.36 Å². The van der Waals surface area contributed by atoms with Crippen molar-refractivity contribution in [1.29, 1.82) is 0 Å². The van der Waals surface area contributed by atoms with Crippen LogP contribution in [0, 0.1) is 0 Å². The van der Waals surface area contributed by atoms with E-state index < -0.39 is 12.1 Å². The summed E-state index contributed by atoms with van der Waals surface area (Å²) in [7, 11) is 0. The highest BCUT2D eigenvalue weighted by molar-refractivity contribution is 5.70. The molecule has 0 amide bonds. The molecule has 2 heterocycles. The Morgan fingerprint density at radius 1 is 1.14 bits per heavy atom. The summed E-state index contributed by atoms with van der Waals surface area (Å²) < 4.78 is 41.9. The van der Waals surface area contributed by atoms with Crippen LogP contribution >= 0.6 is 0 Å². The predicted octanol–water partition coefficient (Wildman–Crippen LogP) is 2.40. The summed E-state index contributed by atoms with van der Waals surface area (Å²) in [5, 5.41) is 20.8. The zero-order valence-corrected chi connectivity index (χ0v) is 10.2. The summed E-state index contributed by atoms with van der Waals surface area (Å²) in [6, 6.07) is 8.01. The number of halogens is 3. The Balaban J connectivity index is 2.13. The van der Waals surface area contributed by atoms with Crippen molar-refractivity contribution < 1.29 is 23.0 Å². The number of benzene rings is 1. The van der Waals surface area contributed by atoms with Gasteiger partial charge in [0, 0.05) is 5.56 Å². The Kier molecular flexibility index (Phi) is 2.89. The lowest BCUT2D eigenvalue weighted by Gasteiger charge is -2.11. The molecular formula is C12H7F3N4O2. The van der Waals surface area contributed by atoms with Gasteiger partial charge in [-0.15, -0.1) is 18.3 Å². The van der Waals surface area contributed by atoms with Gasteiger partial charge in [0.2, 0.25) is 0 Å². The minimum absolute atomic E-state index is 0.120. The highest BCUT2D eigenvalue weighted by Crippen LogP contribution is 2.34. The average Bonchev–Trinajstić information content (AvgIpc) is 2.87. The molecule has 1 aromatic carbocycles. The van der Waals surface area contributed by atoms with E-state index in [1.165, 1.54) is 4.52 Å². The third kappa shape index (κ3) is 2.57. The third-order valence-corrected chi connectivity index (χ3v) is 2.70. The molecule has 0 radical (unpaired) electrons. The molecule has 0 saturated carbocycles. The van der Waals surface area contributed by atoms with Crippen molar-refractivity contribution in [2.75, 3.05) is 0 Å². The van der Waals surface area contributed by atoms with Crippen LogP contribution < -0.4 is 4.74 Å². The maximum Gasteiger partial charge on any atom is 0.573 e. The van der Waals surface area contributed by atoms with Gasteiger partial charge in [0.25, 0.3) is 0 Å². The molecule has 0 fully saturated rings. The number of nitrogens with zero attached hydrogens (tertiary/aromatic N) is 4. The van der Waals surface area contributed by atoms with Crippen molar-refractivity contribution in [3.8, 4) is 22.8 Å². The molecule has 1 N–H and O–H groups in total. The lowest BCUT2D eigenvalue weighted by molar-refractivity contribution is -0.274. The first-order valence-corrected chi connectivity index (χ1v) is 5.70. The predicted molar refractivity (Wildman–Crippen MR) is 64.6 cm³/mol. The quantitative estimate of drug-likeness (QED) is 0.786. The first kappa shape index (κ1) is 13.2. The van der Waals surface area contributed by atoms with Crippen LogP contribution in [-0.4, -0.2) is 31.5 Å². The second kappa shape index (κ2) is 4.62. The van der Waals surface area contributed by atoms with Gasteiger partial charge in [0.1, 0.15) is 11.5 Å². The van der Waals surface area contributed by atoms with Gasteiger partial charge < -0.3 is 9.84 Å². The molecule has 3 rings (SSSR count). The molecule has 0 unspecified atom stereocenters. The van der Waals surface area contributed by atoms with E-state index in [0.717, 1.165) is 18.2 Å². The third-order valence-electron chi connectivity index (χ3n) is 2.70. The highest BCUT2D eigenvalue weighted by Gasteiger charge is 2.31. The van der Waals surface area contributed by atoms with Crippen LogP contribution in [0.15, 0.2) is 36.4 Å². The molecule has 0 saturated heterocycles. The highest BCUT2D eigenvalue weighted by atomic mass is 19.4. The summed E-state index contributed by atoms with van der Waals surface area (Å²) in [6.45, 7) is 0. The first-order valence-electron chi connectivity index (χ1n) is 5.70. The number of fused-ring (bicyclic) bond motifs is 1. The topological polar surface area (TPSA) is 72.5 Å². The van der Waals surface area contributed by atoms with E-state index in [1.54, 1.807) is 18.2 Å². The fourth-order valence-corrected chi connectivity index (χ4v) is 1.89. The Labute approximate surface area is 115 Å². The van der Waals surface area contributed by atoms with Crippen LogP contribution in [-0.2, 0) is 0 Å². The standard InChI is InChI=1S/C12H7F3N4O2/c13-12(14,15)21-7-4-5-10(20)8(6-7)9-2-1-3-11-16-17-18-19(9)11/h1-6,20H. The van der Waals surface area contributed by atoms with Gasteiger partial charge in [-0.1, -0.05) is 6.07 Å². The minimum atomic E-state index is -4.81. The van der Waals surface area contributed by atoms with Crippen LogP contribution in [0.4, 0.5) is 13.2 Å². The molecule has 0 aliphatic carbocycles. The van der Waals surface area contributed by atoms with Crippen molar-refractivity contribution in [1.82, 2.24) is 20.0 Å². The number of tetrazole rings is 1. The van der Waals surface area contributed by atoms with Crippen molar-refractivity contribution in [2.24, 2.45) is 0 Å². The molecule has 0 aliphatic heterocycles. The van der Waals surface area contributed by atoms with Gasteiger partial charge in [0.15, 0.2) is 5.65 Å². The number of phenolic OH excluding ortho intramolecular Hbond substituents is 1. The monoisotopic (exact) mass is 296 g/mol. The number of rotatable bonds is 2. The van der Waals surface area contributed by atoms with Gasteiger partial charge in [-0.3, -0.25) is 0 Å². The molecule has 6 nitrogen and oxygen atoms in total. The molecule has 0 spiro atoms. The molecule has 9 heteroatoms. The number of phenols is 1. The second-order valence-electron chi connectivity index (χ2n) is 4.09. The number of hydrogen-bond donors (Lipinski definition) is 1. The number of ether oxygens (including phenoxy) is 1. The molecule has 108 valence electrons. The van der Waals surface area contributed by atoms with E-state index in [1.807, 2.05) is 0 Å². The van der Waals surface area contributed by atoms with Crippen LogP contribution in [0.3, 0.4) is 0 Å². The smallest absolute Gasteiger partial charge is 0.507 e.